The third kappa shape index (κ3) is 4.82. The van der Waals surface area contributed by atoms with E-state index in [1.165, 1.54) is 11.1 Å². The fourth-order valence-corrected chi connectivity index (χ4v) is 4.45. The highest BCUT2D eigenvalue weighted by Crippen LogP contribution is 2.34. The molecule has 0 spiro atoms. The van der Waals surface area contributed by atoms with Crippen molar-refractivity contribution in [2.45, 2.75) is 59.6 Å². The Morgan fingerprint density at radius 2 is 1.82 bits per heavy atom. The first kappa shape index (κ1) is 22.7. The van der Waals surface area contributed by atoms with Gasteiger partial charge in [0, 0.05) is 12.5 Å². The van der Waals surface area contributed by atoms with Crippen LogP contribution in [0.1, 0.15) is 59.6 Å². The van der Waals surface area contributed by atoms with Crippen molar-refractivity contribution in [3.63, 3.8) is 0 Å². The Hall–Kier alpha value is -3.47. The van der Waals surface area contributed by atoms with Gasteiger partial charge in [-0.3, -0.25) is 4.79 Å². The molecule has 0 N–H and O–H groups in total. The first-order valence-electron chi connectivity index (χ1n) is 11.6. The summed E-state index contributed by atoms with van der Waals surface area (Å²) in [6, 6.07) is 20.5. The quantitative estimate of drug-likeness (QED) is 0.320. The average Bonchev–Trinajstić information content (AvgIpc) is 3.27. The van der Waals surface area contributed by atoms with Crippen molar-refractivity contribution < 1.29 is 9.53 Å². The third-order valence-corrected chi connectivity index (χ3v) is 6.43. The number of ether oxygens (including phenoxy) is 1. The third-order valence-electron chi connectivity index (χ3n) is 6.43. The van der Waals surface area contributed by atoms with E-state index >= 15 is 0 Å². The van der Waals surface area contributed by atoms with Gasteiger partial charge in [0.05, 0.1) is 11.9 Å². The van der Waals surface area contributed by atoms with E-state index < -0.39 is 0 Å². The number of aromatic nitrogens is 3. The second kappa shape index (κ2) is 9.99. The summed E-state index contributed by atoms with van der Waals surface area (Å²) < 4.78 is 7.56. The van der Waals surface area contributed by atoms with Crippen LogP contribution in [-0.4, -0.2) is 21.0 Å². The molecular formula is C28H31N3O2. The SMILES string of the molecule is CCc1cc([C@@H](CC(=O)OCc2ccccc2)c2ccc3c(nnn3CC)c2C)ccc1C. The molecule has 0 bridgehead atoms. The molecule has 0 aliphatic rings. The molecule has 0 unspecified atom stereocenters. The van der Waals surface area contributed by atoms with Crippen LogP contribution in [0, 0.1) is 13.8 Å². The van der Waals surface area contributed by atoms with Crippen LogP contribution in [0.3, 0.4) is 0 Å². The van der Waals surface area contributed by atoms with E-state index in [1.54, 1.807) is 0 Å². The summed E-state index contributed by atoms with van der Waals surface area (Å²) in [4.78, 5) is 13.0. The predicted molar refractivity (Wildman–Crippen MR) is 131 cm³/mol. The molecule has 0 saturated carbocycles. The van der Waals surface area contributed by atoms with Crippen LogP contribution in [0.5, 0.6) is 0 Å². The molecule has 5 heteroatoms. The van der Waals surface area contributed by atoms with Crippen LogP contribution >= 0.6 is 0 Å². The number of carbonyl (C=O) groups excluding carboxylic acids is 1. The molecule has 0 saturated heterocycles. The lowest BCUT2D eigenvalue weighted by molar-refractivity contribution is -0.145. The lowest BCUT2D eigenvalue weighted by Gasteiger charge is -2.21. The van der Waals surface area contributed by atoms with E-state index in [-0.39, 0.29) is 24.9 Å². The summed E-state index contributed by atoms with van der Waals surface area (Å²) in [5, 5.41) is 8.71. The van der Waals surface area contributed by atoms with Gasteiger partial charge in [0.25, 0.3) is 0 Å². The maximum atomic E-state index is 13.0. The van der Waals surface area contributed by atoms with Crippen LogP contribution in [0.15, 0.2) is 60.7 Å². The van der Waals surface area contributed by atoms with Gasteiger partial charge >= 0.3 is 5.97 Å². The Kier molecular flexibility index (Phi) is 6.87. The maximum absolute atomic E-state index is 13.0. The molecule has 0 radical (unpaired) electrons. The zero-order chi connectivity index (χ0) is 23.4. The van der Waals surface area contributed by atoms with Gasteiger partial charge in [-0.15, -0.1) is 5.10 Å². The van der Waals surface area contributed by atoms with Crippen molar-refractivity contribution in [2.75, 3.05) is 0 Å². The number of fused-ring (bicyclic) bond motifs is 1. The Morgan fingerprint density at radius 1 is 1.03 bits per heavy atom. The van der Waals surface area contributed by atoms with Crippen LogP contribution in [0.25, 0.3) is 11.0 Å². The highest BCUT2D eigenvalue weighted by atomic mass is 16.5. The van der Waals surface area contributed by atoms with Crippen LogP contribution in [0.2, 0.25) is 0 Å². The number of nitrogens with zero attached hydrogens (tertiary/aromatic N) is 3. The zero-order valence-corrected chi connectivity index (χ0v) is 19.8. The minimum atomic E-state index is -0.209. The molecule has 4 rings (SSSR count). The molecule has 1 heterocycles. The molecular weight excluding hydrogens is 410 g/mol. The van der Waals surface area contributed by atoms with Gasteiger partial charge in [-0.05, 0) is 66.6 Å². The molecule has 5 nitrogen and oxygen atoms in total. The van der Waals surface area contributed by atoms with Gasteiger partial charge in [0.2, 0.25) is 0 Å². The number of esters is 1. The topological polar surface area (TPSA) is 57.0 Å². The van der Waals surface area contributed by atoms with E-state index in [9.17, 15) is 4.79 Å². The first-order valence-corrected chi connectivity index (χ1v) is 11.6. The molecule has 1 aromatic heterocycles. The van der Waals surface area contributed by atoms with E-state index in [0.717, 1.165) is 46.3 Å². The molecule has 0 amide bonds. The van der Waals surface area contributed by atoms with E-state index in [1.807, 2.05) is 35.0 Å². The molecule has 170 valence electrons. The molecule has 33 heavy (non-hydrogen) atoms. The predicted octanol–water partition coefficient (Wildman–Crippen LogP) is 5.90. The van der Waals surface area contributed by atoms with Crippen LogP contribution in [0.4, 0.5) is 0 Å². The summed E-state index contributed by atoms with van der Waals surface area (Å²) in [5.74, 6) is -0.325. The number of rotatable bonds is 8. The largest absolute Gasteiger partial charge is 0.461 e. The summed E-state index contributed by atoms with van der Waals surface area (Å²) in [7, 11) is 0. The van der Waals surface area contributed by atoms with Gasteiger partial charge < -0.3 is 4.74 Å². The number of benzene rings is 3. The first-order chi connectivity index (χ1) is 16.0. The molecule has 4 aromatic rings. The zero-order valence-electron chi connectivity index (χ0n) is 19.8. The Balaban J connectivity index is 1.69. The van der Waals surface area contributed by atoms with Crippen molar-refractivity contribution in [3.8, 4) is 0 Å². The highest BCUT2D eigenvalue weighted by molar-refractivity contribution is 5.80. The Labute approximate surface area is 195 Å². The van der Waals surface area contributed by atoms with E-state index in [0.29, 0.717) is 0 Å². The number of aryl methyl sites for hydroxylation is 4. The van der Waals surface area contributed by atoms with Gasteiger partial charge in [0.15, 0.2) is 0 Å². The molecule has 3 aromatic carbocycles. The second-order valence-corrected chi connectivity index (χ2v) is 8.50. The van der Waals surface area contributed by atoms with Crippen molar-refractivity contribution in [1.29, 1.82) is 0 Å². The lowest BCUT2D eigenvalue weighted by Crippen LogP contribution is -2.13. The van der Waals surface area contributed by atoms with Crippen LogP contribution in [-0.2, 0) is 29.1 Å². The minimum absolute atomic E-state index is 0.115. The fourth-order valence-electron chi connectivity index (χ4n) is 4.45. The van der Waals surface area contributed by atoms with Gasteiger partial charge in [0.1, 0.15) is 12.1 Å². The minimum Gasteiger partial charge on any atom is -0.461 e. The molecule has 1 atom stereocenters. The molecule has 0 aliphatic heterocycles. The number of hydrogen-bond donors (Lipinski definition) is 0. The van der Waals surface area contributed by atoms with Gasteiger partial charge in [-0.2, -0.15) is 0 Å². The summed E-state index contributed by atoms with van der Waals surface area (Å²) in [6.45, 7) is 9.47. The van der Waals surface area contributed by atoms with Gasteiger partial charge in [-0.1, -0.05) is 66.7 Å². The maximum Gasteiger partial charge on any atom is 0.307 e. The summed E-state index contributed by atoms with van der Waals surface area (Å²) in [6.07, 6.45) is 1.22. The molecule has 0 aliphatic carbocycles. The highest BCUT2D eigenvalue weighted by Gasteiger charge is 2.23. The lowest BCUT2D eigenvalue weighted by atomic mass is 9.84. The standard InChI is InChI=1S/C28H31N3O2/c1-5-22-16-23(13-12-19(22)3)25(17-27(32)33-18-21-10-8-7-9-11-21)24-14-15-26-28(20(24)4)29-30-31(26)6-2/h7-16,25H,5-6,17-18H2,1-4H3/t25-/m1/s1. The number of hydrogen-bond acceptors (Lipinski definition) is 4. The Morgan fingerprint density at radius 3 is 2.55 bits per heavy atom. The Bertz CT molecular complexity index is 1260. The number of carbonyl (C=O) groups is 1. The average molecular weight is 442 g/mol. The normalized spacial score (nSPS) is 12.1. The second-order valence-electron chi connectivity index (χ2n) is 8.50. The molecule has 0 fully saturated rings. The van der Waals surface area contributed by atoms with E-state index in [4.69, 9.17) is 4.74 Å². The summed E-state index contributed by atoms with van der Waals surface area (Å²) >= 11 is 0. The van der Waals surface area contributed by atoms with E-state index in [2.05, 4.69) is 68.3 Å². The fraction of sp³-hybridized carbons (Fsp3) is 0.321. The smallest absolute Gasteiger partial charge is 0.307 e. The van der Waals surface area contributed by atoms with Gasteiger partial charge in [-0.25, -0.2) is 4.68 Å². The summed E-state index contributed by atoms with van der Waals surface area (Å²) in [5.41, 5.74) is 8.73. The van der Waals surface area contributed by atoms with Crippen molar-refractivity contribution in [1.82, 2.24) is 15.0 Å². The monoisotopic (exact) mass is 441 g/mol. The van der Waals surface area contributed by atoms with Crippen molar-refractivity contribution in [3.05, 3.63) is 94.0 Å². The van der Waals surface area contributed by atoms with Crippen LogP contribution < -0.4 is 0 Å². The van der Waals surface area contributed by atoms with Crippen molar-refractivity contribution >= 4 is 17.0 Å². The van der Waals surface area contributed by atoms with Crippen molar-refractivity contribution in [2.24, 2.45) is 0 Å².